The summed E-state index contributed by atoms with van der Waals surface area (Å²) in [7, 11) is 0. The van der Waals surface area contributed by atoms with Crippen LogP contribution in [-0.4, -0.2) is 34.8 Å². The summed E-state index contributed by atoms with van der Waals surface area (Å²) >= 11 is 2.73. The van der Waals surface area contributed by atoms with Crippen molar-refractivity contribution in [1.82, 2.24) is 10.2 Å². The lowest BCUT2D eigenvalue weighted by Gasteiger charge is -2.11. The van der Waals surface area contributed by atoms with Gasteiger partial charge in [-0.3, -0.25) is 4.79 Å². The van der Waals surface area contributed by atoms with Crippen molar-refractivity contribution in [2.45, 2.75) is 23.4 Å². The molecular weight excluding hydrogens is 424 g/mol. The number of thioether (sulfide) groups is 1. The summed E-state index contributed by atoms with van der Waals surface area (Å²) in [5.74, 6) is 1.92. The Balaban J connectivity index is 1.35. The van der Waals surface area contributed by atoms with Gasteiger partial charge in [-0.1, -0.05) is 35.2 Å². The number of aromatic nitrogens is 2. The second-order valence-electron chi connectivity index (χ2n) is 6.24. The van der Waals surface area contributed by atoms with Gasteiger partial charge in [0, 0.05) is 11.8 Å². The number of carbonyl (C=O) groups excluding carboxylic acids is 1. The van der Waals surface area contributed by atoms with Crippen LogP contribution in [0.1, 0.15) is 13.8 Å². The molecule has 0 unspecified atom stereocenters. The molecule has 0 fully saturated rings. The molecule has 1 amide bonds. The standard InChI is InChI=1S/C20H20N4O4S2/c1-3-26-15-7-5-4-6-14(15)22-19-23-24-20(30-19)29-12(2)18(25)21-13-8-9-16-17(10-13)28-11-27-16/h4-10,12H,3,11H2,1-2H3,(H,21,25)(H,22,23)/t12-/m0/s1. The van der Waals surface area contributed by atoms with Gasteiger partial charge in [0.15, 0.2) is 15.8 Å². The zero-order valence-corrected chi connectivity index (χ0v) is 18.0. The minimum atomic E-state index is -0.355. The molecule has 156 valence electrons. The van der Waals surface area contributed by atoms with E-state index < -0.39 is 0 Å². The number of hydrogen-bond acceptors (Lipinski definition) is 9. The SMILES string of the molecule is CCOc1ccccc1Nc1nnc(S[C@@H](C)C(=O)Nc2ccc3c(c2)OCO3)s1. The highest BCUT2D eigenvalue weighted by Gasteiger charge is 2.19. The van der Waals surface area contributed by atoms with Crippen LogP contribution in [0.4, 0.5) is 16.5 Å². The molecule has 1 atom stereocenters. The first-order valence-electron chi connectivity index (χ1n) is 9.32. The molecule has 0 aliphatic carbocycles. The van der Waals surface area contributed by atoms with Crippen molar-refractivity contribution in [3.8, 4) is 17.2 Å². The van der Waals surface area contributed by atoms with Gasteiger partial charge in [-0.25, -0.2) is 0 Å². The van der Waals surface area contributed by atoms with Crippen LogP contribution in [0.25, 0.3) is 0 Å². The molecule has 10 heteroatoms. The largest absolute Gasteiger partial charge is 0.492 e. The number of fused-ring (bicyclic) bond motifs is 1. The number of hydrogen-bond donors (Lipinski definition) is 2. The Labute approximate surface area is 182 Å². The Hall–Kier alpha value is -2.98. The summed E-state index contributed by atoms with van der Waals surface area (Å²) in [6.45, 7) is 4.53. The van der Waals surface area contributed by atoms with Crippen LogP contribution in [0.15, 0.2) is 46.8 Å². The topological polar surface area (TPSA) is 94.6 Å². The second kappa shape index (κ2) is 9.23. The van der Waals surface area contributed by atoms with Gasteiger partial charge in [0.2, 0.25) is 17.8 Å². The fourth-order valence-electron chi connectivity index (χ4n) is 2.70. The number of carbonyl (C=O) groups is 1. The molecule has 1 aromatic heterocycles. The smallest absolute Gasteiger partial charge is 0.237 e. The first-order chi connectivity index (χ1) is 14.6. The molecule has 4 rings (SSSR count). The van der Waals surface area contributed by atoms with Gasteiger partial charge in [-0.05, 0) is 38.1 Å². The summed E-state index contributed by atoms with van der Waals surface area (Å²) in [4.78, 5) is 12.6. The Kier molecular flexibility index (Phi) is 6.24. The number of nitrogens with one attached hydrogen (secondary N) is 2. The molecule has 30 heavy (non-hydrogen) atoms. The number of rotatable bonds is 8. The van der Waals surface area contributed by atoms with E-state index in [0.29, 0.717) is 33.3 Å². The maximum atomic E-state index is 12.6. The lowest BCUT2D eigenvalue weighted by Crippen LogP contribution is -2.22. The fourth-order valence-corrected chi connectivity index (χ4v) is 4.61. The van der Waals surface area contributed by atoms with Gasteiger partial charge < -0.3 is 24.8 Å². The average molecular weight is 445 g/mol. The Morgan fingerprint density at radius 3 is 2.93 bits per heavy atom. The lowest BCUT2D eigenvalue weighted by molar-refractivity contribution is -0.115. The van der Waals surface area contributed by atoms with E-state index >= 15 is 0 Å². The quantitative estimate of drug-likeness (QED) is 0.490. The third-order valence-corrected chi connectivity index (χ3v) is 6.14. The first-order valence-corrected chi connectivity index (χ1v) is 11.0. The molecule has 1 aliphatic rings. The minimum Gasteiger partial charge on any atom is -0.492 e. The van der Waals surface area contributed by atoms with Crippen LogP contribution in [-0.2, 0) is 4.79 Å². The van der Waals surface area contributed by atoms with Crippen molar-refractivity contribution in [3.63, 3.8) is 0 Å². The van der Waals surface area contributed by atoms with Crippen LogP contribution in [0.2, 0.25) is 0 Å². The number of nitrogens with zero attached hydrogens (tertiary/aromatic N) is 2. The van der Waals surface area contributed by atoms with Gasteiger partial charge >= 0.3 is 0 Å². The zero-order valence-electron chi connectivity index (χ0n) is 16.4. The predicted octanol–water partition coefficient (Wildman–Crippen LogP) is 4.53. The molecule has 0 radical (unpaired) electrons. The van der Waals surface area contributed by atoms with Crippen molar-refractivity contribution in [2.75, 3.05) is 24.0 Å². The van der Waals surface area contributed by atoms with Crippen molar-refractivity contribution in [2.24, 2.45) is 0 Å². The summed E-state index contributed by atoms with van der Waals surface area (Å²) < 4.78 is 16.9. The summed E-state index contributed by atoms with van der Waals surface area (Å²) in [5.41, 5.74) is 1.48. The number of para-hydroxylation sites is 2. The van der Waals surface area contributed by atoms with E-state index in [2.05, 4.69) is 20.8 Å². The molecule has 2 aromatic carbocycles. The lowest BCUT2D eigenvalue weighted by atomic mass is 10.2. The maximum absolute atomic E-state index is 12.6. The normalized spacial score (nSPS) is 13.0. The van der Waals surface area contributed by atoms with E-state index in [-0.39, 0.29) is 18.0 Å². The molecule has 8 nitrogen and oxygen atoms in total. The van der Waals surface area contributed by atoms with Crippen molar-refractivity contribution in [3.05, 3.63) is 42.5 Å². The molecule has 1 aliphatic heterocycles. The fraction of sp³-hybridized carbons (Fsp3) is 0.250. The highest BCUT2D eigenvalue weighted by molar-refractivity contribution is 8.02. The number of benzene rings is 2. The highest BCUT2D eigenvalue weighted by Crippen LogP contribution is 2.35. The van der Waals surface area contributed by atoms with Crippen LogP contribution in [0.3, 0.4) is 0 Å². The molecule has 0 spiro atoms. The van der Waals surface area contributed by atoms with Crippen molar-refractivity contribution in [1.29, 1.82) is 0 Å². The van der Waals surface area contributed by atoms with Gasteiger partial charge in [0.25, 0.3) is 0 Å². The maximum Gasteiger partial charge on any atom is 0.237 e. The van der Waals surface area contributed by atoms with Gasteiger partial charge in [-0.15, -0.1) is 10.2 Å². The van der Waals surface area contributed by atoms with Gasteiger partial charge in [0.05, 0.1) is 17.5 Å². The minimum absolute atomic E-state index is 0.134. The highest BCUT2D eigenvalue weighted by atomic mass is 32.2. The summed E-state index contributed by atoms with van der Waals surface area (Å²) in [6.07, 6.45) is 0. The molecule has 0 saturated carbocycles. The molecule has 2 heterocycles. The molecule has 0 saturated heterocycles. The van der Waals surface area contributed by atoms with Crippen LogP contribution >= 0.6 is 23.1 Å². The number of amides is 1. The Morgan fingerprint density at radius 2 is 2.07 bits per heavy atom. The van der Waals surface area contributed by atoms with Crippen molar-refractivity contribution >= 4 is 45.5 Å². The van der Waals surface area contributed by atoms with E-state index in [4.69, 9.17) is 14.2 Å². The zero-order chi connectivity index (χ0) is 20.9. The van der Waals surface area contributed by atoms with E-state index in [9.17, 15) is 4.79 Å². The monoisotopic (exact) mass is 444 g/mol. The second-order valence-corrected chi connectivity index (χ2v) is 8.81. The Morgan fingerprint density at radius 1 is 1.23 bits per heavy atom. The molecular formula is C20H20N4O4S2. The van der Waals surface area contributed by atoms with E-state index in [1.807, 2.05) is 38.1 Å². The van der Waals surface area contributed by atoms with Crippen molar-refractivity contribution < 1.29 is 19.0 Å². The summed E-state index contributed by atoms with van der Waals surface area (Å²) in [6, 6.07) is 13.0. The molecule has 2 N–H and O–H groups in total. The van der Waals surface area contributed by atoms with Gasteiger partial charge in [-0.2, -0.15) is 0 Å². The third-order valence-electron chi connectivity index (χ3n) is 4.12. The first kappa shape index (κ1) is 20.3. The number of ether oxygens (including phenoxy) is 3. The van der Waals surface area contributed by atoms with E-state index in [0.717, 1.165) is 11.4 Å². The van der Waals surface area contributed by atoms with Crippen LogP contribution in [0, 0.1) is 0 Å². The predicted molar refractivity (Wildman–Crippen MR) is 117 cm³/mol. The molecule has 3 aromatic rings. The summed E-state index contributed by atoms with van der Waals surface area (Å²) in [5, 5.41) is 14.7. The third kappa shape index (κ3) is 4.77. The van der Waals surface area contributed by atoms with Crippen LogP contribution in [0.5, 0.6) is 17.2 Å². The van der Waals surface area contributed by atoms with Crippen LogP contribution < -0.4 is 24.8 Å². The van der Waals surface area contributed by atoms with E-state index in [1.165, 1.54) is 23.1 Å². The average Bonchev–Trinajstić information content (AvgIpc) is 3.38. The number of anilines is 3. The Bertz CT molecular complexity index is 1040. The molecule has 0 bridgehead atoms. The van der Waals surface area contributed by atoms with E-state index in [1.54, 1.807) is 18.2 Å². The van der Waals surface area contributed by atoms with Gasteiger partial charge in [0.1, 0.15) is 5.75 Å².